The van der Waals surface area contributed by atoms with Crippen LogP contribution in [-0.2, 0) is 9.53 Å². The lowest BCUT2D eigenvalue weighted by Gasteiger charge is -2.41. The van der Waals surface area contributed by atoms with E-state index < -0.39 is 0 Å². The monoisotopic (exact) mass is 313 g/mol. The number of morpholine rings is 1. The van der Waals surface area contributed by atoms with Gasteiger partial charge in [-0.15, -0.1) is 0 Å². The van der Waals surface area contributed by atoms with Crippen molar-refractivity contribution in [3.05, 3.63) is 0 Å². The molecule has 0 saturated carbocycles. The van der Waals surface area contributed by atoms with Crippen LogP contribution in [0.5, 0.6) is 0 Å². The normalized spacial score (nSPS) is 21.1. The standard InChI is InChI=1S/C10H20NO2.HI/c1-10(2,9-12)8-11(3)4-6-13-7-5-11;/h9H,4-8H2,1-3H3;1H/q+1;/p-1. The number of rotatable bonds is 3. The number of carbonyl (C=O) groups excluding carboxylic acids is 1. The molecule has 1 aliphatic heterocycles. The van der Waals surface area contributed by atoms with Gasteiger partial charge in [0.1, 0.15) is 19.4 Å². The molecule has 0 radical (unpaired) electrons. The Kier molecular flexibility index (Phi) is 5.54. The minimum absolute atomic E-state index is 0. The second-order valence-corrected chi connectivity index (χ2v) is 4.94. The zero-order valence-corrected chi connectivity index (χ0v) is 11.4. The number of aldehydes is 1. The lowest BCUT2D eigenvalue weighted by atomic mass is 9.94. The van der Waals surface area contributed by atoms with E-state index in [9.17, 15) is 4.79 Å². The molecule has 0 aromatic carbocycles. The van der Waals surface area contributed by atoms with Gasteiger partial charge in [-0.2, -0.15) is 0 Å². The fraction of sp³-hybridized carbons (Fsp3) is 0.900. The quantitative estimate of drug-likeness (QED) is 0.333. The molecule has 14 heavy (non-hydrogen) atoms. The first kappa shape index (κ1) is 14.3. The number of halogens is 1. The van der Waals surface area contributed by atoms with Crippen LogP contribution in [0.3, 0.4) is 0 Å². The lowest BCUT2D eigenvalue weighted by Crippen LogP contribution is -3.00. The first-order valence-corrected chi connectivity index (χ1v) is 4.85. The smallest absolute Gasteiger partial charge is 0.131 e. The minimum atomic E-state index is -0.202. The van der Waals surface area contributed by atoms with Gasteiger partial charge in [-0.3, -0.25) is 0 Å². The summed E-state index contributed by atoms with van der Waals surface area (Å²) in [5.74, 6) is 0. The topological polar surface area (TPSA) is 26.3 Å². The van der Waals surface area contributed by atoms with E-state index in [2.05, 4.69) is 7.05 Å². The van der Waals surface area contributed by atoms with E-state index in [0.29, 0.717) is 0 Å². The Morgan fingerprint density at radius 1 is 1.36 bits per heavy atom. The highest BCUT2D eigenvalue weighted by molar-refractivity contribution is 5.57. The molecule has 1 aliphatic rings. The summed E-state index contributed by atoms with van der Waals surface area (Å²) in [5, 5.41) is 0. The van der Waals surface area contributed by atoms with Gasteiger partial charge in [0.05, 0.1) is 32.2 Å². The second kappa shape index (κ2) is 5.42. The minimum Gasteiger partial charge on any atom is -1.00 e. The lowest BCUT2D eigenvalue weighted by molar-refractivity contribution is -0.921. The van der Waals surface area contributed by atoms with E-state index >= 15 is 0 Å². The summed E-state index contributed by atoms with van der Waals surface area (Å²) in [7, 11) is 2.20. The Morgan fingerprint density at radius 2 is 1.86 bits per heavy atom. The molecule has 0 aliphatic carbocycles. The average molecular weight is 313 g/mol. The maximum absolute atomic E-state index is 10.8. The zero-order chi connectivity index (χ0) is 9.95. The van der Waals surface area contributed by atoms with Crippen LogP contribution in [0, 0.1) is 5.41 Å². The van der Waals surface area contributed by atoms with Gasteiger partial charge in [0, 0.05) is 0 Å². The van der Waals surface area contributed by atoms with Crippen molar-refractivity contribution in [3.63, 3.8) is 0 Å². The van der Waals surface area contributed by atoms with Crippen molar-refractivity contribution in [3.8, 4) is 0 Å². The molecule has 1 fully saturated rings. The molecule has 0 aromatic rings. The van der Waals surface area contributed by atoms with E-state index in [4.69, 9.17) is 4.74 Å². The largest absolute Gasteiger partial charge is 1.00 e. The number of hydrogen-bond donors (Lipinski definition) is 0. The van der Waals surface area contributed by atoms with Crippen LogP contribution in [0.25, 0.3) is 0 Å². The van der Waals surface area contributed by atoms with E-state index in [1.165, 1.54) is 0 Å². The van der Waals surface area contributed by atoms with Crippen LogP contribution in [-0.4, -0.2) is 50.7 Å². The van der Waals surface area contributed by atoms with Gasteiger partial charge in [0.25, 0.3) is 0 Å². The van der Waals surface area contributed by atoms with Gasteiger partial charge in [-0.1, -0.05) is 0 Å². The van der Waals surface area contributed by atoms with Gasteiger partial charge in [0.2, 0.25) is 0 Å². The summed E-state index contributed by atoms with van der Waals surface area (Å²) in [6.45, 7) is 8.61. The van der Waals surface area contributed by atoms with Gasteiger partial charge in [0.15, 0.2) is 0 Å². The Bertz CT molecular complexity index is 189. The Morgan fingerprint density at radius 3 is 2.29 bits per heavy atom. The maximum atomic E-state index is 10.8. The molecule has 0 aromatic heterocycles. The van der Waals surface area contributed by atoms with Crippen molar-refractivity contribution in [2.24, 2.45) is 5.41 Å². The van der Waals surface area contributed by atoms with Crippen LogP contribution >= 0.6 is 0 Å². The molecule has 0 atom stereocenters. The number of likely N-dealkylation sites (N-methyl/N-ethyl adjacent to an activating group) is 1. The molecule has 0 amide bonds. The van der Waals surface area contributed by atoms with Crippen molar-refractivity contribution in [2.45, 2.75) is 13.8 Å². The Hall–Kier alpha value is 0.320. The highest BCUT2D eigenvalue weighted by atomic mass is 127. The van der Waals surface area contributed by atoms with Crippen LogP contribution < -0.4 is 24.0 Å². The number of carbonyl (C=O) groups is 1. The second-order valence-electron chi connectivity index (χ2n) is 4.94. The molecule has 1 heterocycles. The molecule has 1 saturated heterocycles. The summed E-state index contributed by atoms with van der Waals surface area (Å²) < 4.78 is 6.27. The van der Waals surface area contributed by atoms with Crippen LogP contribution in [0.2, 0.25) is 0 Å². The van der Waals surface area contributed by atoms with Gasteiger partial charge in [-0.05, 0) is 13.8 Å². The SMILES string of the molecule is CC(C)(C=O)C[N+]1(C)CCOCC1.[I-]. The van der Waals surface area contributed by atoms with Gasteiger partial charge in [-0.25, -0.2) is 0 Å². The predicted octanol–water partition coefficient (Wildman–Crippen LogP) is -2.31. The third-order valence-electron chi connectivity index (χ3n) is 2.66. The molecule has 3 nitrogen and oxygen atoms in total. The summed E-state index contributed by atoms with van der Waals surface area (Å²) in [6, 6.07) is 0. The average Bonchev–Trinajstić information content (AvgIpc) is 2.04. The molecular weight excluding hydrogens is 293 g/mol. The van der Waals surface area contributed by atoms with Crippen LogP contribution in [0.1, 0.15) is 13.8 Å². The van der Waals surface area contributed by atoms with Crippen LogP contribution in [0.15, 0.2) is 0 Å². The first-order chi connectivity index (χ1) is 5.97. The number of nitrogens with zero attached hydrogens (tertiary/aromatic N) is 1. The van der Waals surface area contributed by atoms with Crippen molar-refractivity contribution in [1.29, 1.82) is 0 Å². The van der Waals surface area contributed by atoms with E-state index in [0.717, 1.165) is 43.6 Å². The van der Waals surface area contributed by atoms with Crippen molar-refractivity contribution < 1.29 is 38.0 Å². The summed E-state index contributed by atoms with van der Waals surface area (Å²) in [6.07, 6.45) is 1.06. The summed E-state index contributed by atoms with van der Waals surface area (Å²) in [4.78, 5) is 10.8. The van der Waals surface area contributed by atoms with Crippen molar-refractivity contribution >= 4 is 6.29 Å². The number of hydrogen-bond acceptors (Lipinski definition) is 2. The fourth-order valence-electron chi connectivity index (χ4n) is 1.96. The molecule has 0 spiro atoms. The Balaban J connectivity index is 0.00000169. The van der Waals surface area contributed by atoms with Crippen LogP contribution in [0.4, 0.5) is 0 Å². The Labute approximate surface area is 103 Å². The van der Waals surface area contributed by atoms with Crippen molar-refractivity contribution in [2.75, 3.05) is 39.9 Å². The van der Waals surface area contributed by atoms with Crippen molar-refractivity contribution in [1.82, 2.24) is 0 Å². The first-order valence-electron chi connectivity index (χ1n) is 4.85. The summed E-state index contributed by atoms with van der Waals surface area (Å²) >= 11 is 0. The van der Waals surface area contributed by atoms with E-state index in [-0.39, 0.29) is 29.4 Å². The molecule has 84 valence electrons. The zero-order valence-electron chi connectivity index (χ0n) is 9.25. The van der Waals surface area contributed by atoms with Gasteiger partial charge < -0.3 is 38.0 Å². The number of ether oxygens (including phenoxy) is 1. The highest BCUT2D eigenvalue weighted by Crippen LogP contribution is 2.19. The maximum Gasteiger partial charge on any atom is 0.131 e. The fourth-order valence-corrected chi connectivity index (χ4v) is 1.96. The molecule has 0 bridgehead atoms. The van der Waals surface area contributed by atoms with Gasteiger partial charge >= 0.3 is 0 Å². The molecular formula is C10H20INO2. The van der Waals surface area contributed by atoms with E-state index in [1.807, 2.05) is 13.8 Å². The molecule has 4 heteroatoms. The third kappa shape index (κ3) is 4.23. The third-order valence-corrected chi connectivity index (χ3v) is 2.66. The highest BCUT2D eigenvalue weighted by Gasteiger charge is 2.33. The predicted molar refractivity (Wildman–Crippen MR) is 51.4 cm³/mol. The molecule has 0 N–H and O–H groups in total. The number of quaternary nitrogens is 1. The summed E-state index contributed by atoms with van der Waals surface area (Å²) in [5.41, 5.74) is -0.202. The molecule has 1 rings (SSSR count). The van der Waals surface area contributed by atoms with E-state index in [1.54, 1.807) is 0 Å². The molecule has 0 unspecified atom stereocenters.